The summed E-state index contributed by atoms with van der Waals surface area (Å²) in [5.41, 5.74) is -1.70. The van der Waals surface area contributed by atoms with Crippen LogP contribution in [-0.2, 0) is 18.0 Å². The summed E-state index contributed by atoms with van der Waals surface area (Å²) in [4.78, 5) is 24.9. The molecule has 0 aliphatic heterocycles. The Morgan fingerprint density at radius 1 is 1.19 bits per heavy atom. The molecule has 2 aromatic rings. The van der Waals surface area contributed by atoms with Crippen molar-refractivity contribution < 1.29 is 18.0 Å². The van der Waals surface area contributed by atoms with E-state index in [1.165, 1.54) is 29.8 Å². The molecule has 0 radical (unpaired) electrons. The molecule has 8 heteroatoms. The fraction of sp³-hybridized carbons (Fsp3) is 0.316. The Kier molecular flexibility index (Phi) is 5.47. The highest BCUT2D eigenvalue weighted by molar-refractivity contribution is 7.07. The van der Waals surface area contributed by atoms with Gasteiger partial charge in [0.05, 0.1) is 10.1 Å². The molecule has 0 spiro atoms. The summed E-state index contributed by atoms with van der Waals surface area (Å²) in [6, 6.07) is 6.26. The van der Waals surface area contributed by atoms with Gasteiger partial charge in [-0.05, 0) is 23.8 Å². The minimum atomic E-state index is -4.44. The molecule has 0 aliphatic carbocycles. The van der Waals surface area contributed by atoms with Crippen LogP contribution < -0.4 is 14.8 Å². The molecule has 2 rings (SSSR count). The number of hydrogen-bond acceptors (Lipinski definition) is 4. The summed E-state index contributed by atoms with van der Waals surface area (Å²) >= 11 is 0.960. The first-order valence-corrected chi connectivity index (χ1v) is 8.72. The van der Waals surface area contributed by atoms with E-state index in [-0.39, 0.29) is 20.6 Å². The fourth-order valence-corrected chi connectivity index (χ4v) is 3.36. The maximum absolute atomic E-state index is 12.6. The number of hydrogen-bond donors (Lipinski definition) is 0. The van der Waals surface area contributed by atoms with Crippen molar-refractivity contribution in [1.29, 1.82) is 5.26 Å². The molecule has 0 unspecified atom stereocenters. The van der Waals surface area contributed by atoms with Gasteiger partial charge in [0.15, 0.2) is 5.78 Å². The number of thiazole rings is 1. The highest BCUT2D eigenvalue weighted by atomic mass is 32.1. The molecule has 0 aliphatic rings. The lowest BCUT2D eigenvalue weighted by Gasteiger charge is -2.15. The zero-order valence-corrected chi connectivity index (χ0v) is 16.0. The molecule has 0 atom stereocenters. The van der Waals surface area contributed by atoms with Crippen molar-refractivity contribution in [3.63, 3.8) is 0 Å². The third-order valence-corrected chi connectivity index (χ3v) is 4.98. The van der Waals surface area contributed by atoms with Crippen molar-refractivity contribution in [2.75, 3.05) is 0 Å². The highest BCUT2D eigenvalue weighted by Crippen LogP contribution is 2.29. The Bertz CT molecular complexity index is 1090. The normalized spacial score (nSPS) is 14.1. The van der Waals surface area contributed by atoms with Crippen LogP contribution in [0.4, 0.5) is 13.2 Å². The highest BCUT2D eigenvalue weighted by Gasteiger charge is 2.30. The number of carbonyl (C=O) groups is 1. The molecule has 0 fully saturated rings. The number of nitrogens with zero attached hydrogens (tertiary/aromatic N) is 2. The lowest BCUT2D eigenvalue weighted by atomic mass is 9.87. The Labute approximate surface area is 157 Å². The van der Waals surface area contributed by atoms with E-state index in [0.717, 1.165) is 23.5 Å². The minimum Gasteiger partial charge on any atom is -0.301 e. The molecule has 142 valence electrons. The molecule has 0 bridgehead atoms. The number of halogens is 3. The number of alkyl halides is 3. The Hall–Kier alpha value is -2.66. The molecule has 0 saturated carbocycles. The first-order chi connectivity index (χ1) is 12.4. The maximum Gasteiger partial charge on any atom is 0.416 e. The average molecular weight is 394 g/mol. The number of nitriles is 1. The van der Waals surface area contributed by atoms with Crippen LogP contribution in [0.5, 0.6) is 0 Å². The predicted molar refractivity (Wildman–Crippen MR) is 97.3 cm³/mol. The van der Waals surface area contributed by atoms with Gasteiger partial charge in [-0.3, -0.25) is 9.59 Å². The Morgan fingerprint density at radius 3 is 2.19 bits per heavy atom. The van der Waals surface area contributed by atoms with Crippen LogP contribution in [0.1, 0.15) is 31.9 Å². The predicted octanol–water partition coefficient (Wildman–Crippen LogP) is 2.58. The molecular weight excluding hydrogens is 377 g/mol. The van der Waals surface area contributed by atoms with Gasteiger partial charge >= 0.3 is 6.18 Å². The van der Waals surface area contributed by atoms with E-state index in [1.54, 1.807) is 20.8 Å². The van der Waals surface area contributed by atoms with Gasteiger partial charge in [0.2, 0.25) is 0 Å². The summed E-state index contributed by atoms with van der Waals surface area (Å²) in [7, 11) is 1.45. The van der Waals surface area contributed by atoms with Gasteiger partial charge < -0.3 is 4.57 Å². The number of ketones is 1. The SMILES string of the molecule is Cn1c(=O)/c(=C\c2ccc(C(F)(F)F)cc2)s/c1=C(/C#N)C(=O)C(C)(C)C. The van der Waals surface area contributed by atoms with Gasteiger partial charge in [-0.15, -0.1) is 11.3 Å². The molecule has 27 heavy (non-hydrogen) atoms. The van der Waals surface area contributed by atoms with Crippen molar-refractivity contribution in [1.82, 2.24) is 4.57 Å². The van der Waals surface area contributed by atoms with Crippen molar-refractivity contribution in [2.24, 2.45) is 12.5 Å². The lowest BCUT2D eigenvalue weighted by molar-refractivity contribution is -0.137. The second-order valence-corrected chi connectivity index (χ2v) is 8.00. The summed E-state index contributed by atoms with van der Waals surface area (Å²) < 4.78 is 39.6. The van der Waals surface area contributed by atoms with E-state index < -0.39 is 22.7 Å². The third-order valence-electron chi connectivity index (χ3n) is 3.80. The number of carbonyl (C=O) groups excluding carboxylic acids is 1. The minimum absolute atomic E-state index is 0.112. The van der Waals surface area contributed by atoms with E-state index in [1.807, 2.05) is 6.07 Å². The van der Waals surface area contributed by atoms with E-state index >= 15 is 0 Å². The molecule has 4 nitrogen and oxygen atoms in total. The topological polar surface area (TPSA) is 62.9 Å². The second kappa shape index (κ2) is 7.16. The smallest absolute Gasteiger partial charge is 0.301 e. The van der Waals surface area contributed by atoms with Crippen LogP contribution in [0.15, 0.2) is 29.1 Å². The largest absolute Gasteiger partial charge is 0.416 e. The van der Waals surface area contributed by atoms with Gasteiger partial charge in [0, 0.05) is 12.5 Å². The maximum atomic E-state index is 12.6. The fourth-order valence-electron chi connectivity index (χ4n) is 2.27. The van der Waals surface area contributed by atoms with Crippen molar-refractivity contribution in [3.05, 3.63) is 54.9 Å². The van der Waals surface area contributed by atoms with Gasteiger partial charge in [0.25, 0.3) is 5.56 Å². The zero-order chi connectivity index (χ0) is 20.6. The first-order valence-electron chi connectivity index (χ1n) is 7.90. The first kappa shape index (κ1) is 20.6. The molecule has 1 aromatic carbocycles. The molecule has 1 heterocycles. The van der Waals surface area contributed by atoms with E-state index in [4.69, 9.17) is 0 Å². The van der Waals surface area contributed by atoms with Gasteiger partial charge in [-0.2, -0.15) is 18.4 Å². The van der Waals surface area contributed by atoms with Crippen LogP contribution in [0.2, 0.25) is 0 Å². The van der Waals surface area contributed by atoms with Crippen molar-refractivity contribution in [3.8, 4) is 6.07 Å². The zero-order valence-electron chi connectivity index (χ0n) is 15.1. The number of aromatic nitrogens is 1. The van der Waals surface area contributed by atoms with Crippen molar-refractivity contribution in [2.45, 2.75) is 26.9 Å². The monoisotopic (exact) mass is 394 g/mol. The van der Waals surface area contributed by atoms with E-state index in [9.17, 15) is 28.0 Å². The summed E-state index contributed by atoms with van der Waals surface area (Å²) in [5.74, 6) is -0.386. The van der Waals surface area contributed by atoms with E-state index in [0.29, 0.717) is 5.56 Å². The Morgan fingerprint density at radius 2 is 1.74 bits per heavy atom. The second-order valence-electron chi connectivity index (χ2n) is 6.97. The molecule has 0 saturated heterocycles. The van der Waals surface area contributed by atoms with Crippen LogP contribution in [0.25, 0.3) is 11.6 Å². The number of benzene rings is 1. The quantitative estimate of drug-likeness (QED) is 0.787. The van der Waals surface area contributed by atoms with Crippen LogP contribution in [-0.4, -0.2) is 10.4 Å². The molecular formula is C19H17F3N2O2S. The molecule has 0 amide bonds. The summed E-state index contributed by atoms with van der Waals surface area (Å²) in [6.07, 6.45) is -3.00. The van der Waals surface area contributed by atoms with Crippen LogP contribution in [0.3, 0.4) is 0 Å². The number of rotatable bonds is 2. The van der Waals surface area contributed by atoms with Crippen LogP contribution in [0, 0.1) is 16.7 Å². The molecule has 1 aromatic heterocycles. The molecule has 0 N–H and O–H groups in total. The van der Waals surface area contributed by atoms with Gasteiger partial charge in [0.1, 0.15) is 16.3 Å². The van der Waals surface area contributed by atoms with Gasteiger partial charge in [-0.25, -0.2) is 0 Å². The third kappa shape index (κ3) is 4.37. The standard InChI is InChI=1S/C19H17F3N2O2S/c1-18(2,3)15(25)13(10-23)17-24(4)16(26)14(27-17)9-11-5-7-12(8-6-11)19(20,21)22/h5-9H,1-4H3/b14-9+,17-13-. The summed E-state index contributed by atoms with van der Waals surface area (Å²) in [6.45, 7) is 5.02. The number of Topliss-reactive ketones (excluding diaryl/α,β-unsaturated/α-hetero) is 1. The average Bonchev–Trinajstić information content (AvgIpc) is 2.83. The van der Waals surface area contributed by atoms with Crippen molar-refractivity contribution >= 4 is 28.8 Å². The lowest BCUT2D eigenvalue weighted by Crippen LogP contribution is -2.32. The van der Waals surface area contributed by atoms with Crippen LogP contribution >= 0.6 is 11.3 Å². The van der Waals surface area contributed by atoms with E-state index in [2.05, 4.69) is 0 Å². The van der Waals surface area contributed by atoms with Gasteiger partial charge in [-0.1, -0.05) is 32.9 Å². The summed E-state index contributed by atoms with van der Waals surface area (Å²) in [5, 5.41) is 9.40. The Balaban J connectivity index is 2.66.